The van der Waals surface area contributed by atoms with Crippen LogP contribution in [0.5, 0.6) is 0 Å². The molecular weight excluding hydrogens is 200 g/mol. The monoisotopic (exact) mass is 220 g/mol. The Labute approximate surface area is 97.3 Å². The van der Waals surface area contributed by atoms with Crippen LogP contribution in [0.2, 0.25) is 0 Å². The number of piperidine rings is 1. The van der Waals surface area contributed by atoms with E-state index < -0.39 is 0 Å². The van der Waals surface area contributed by atoms with Gasteiger partial charge in [0.05, 0.1) is 0 Å². The van der Waals surface area contributed by atoms with Crippen LogP contribution >= 0.6 is 0 Å². The molecule has 0 atom stereocenters. The van der Waals surface area contributed by atoms with Crippen LogP contribution in [0.1, 0.15) is 12.8 Å². The fourth-order valence-electron chi connectivity index (χ4n) is 2.20. The van der Waals surface area contributed by atoms with Gasteiger partial charge in [0.2, 0.25) is 5.95 Å². The van der Waals surface area contributed by atoms with E-state index in [1.165, 1.54) is 25.9 Å². The number of rotatable bonds is 3. The van der Waals surface area contributed by atoms with Gasteiger partial charge in [-0.25, -0.2) is 9.97 Å². The van der Waals surface area contributed by atoms with Gasteiger partial charge in [-0.05, 0) is 45.0 Å². The normalized spacial score (nSPS) is 18.6. The second-order valence-electron chi connectivity index (χ2n) is 4.68. The Bertz CT molecular complexity index is 306. The molecular formula is C12H20N4. The molecule has 16 heavy (non-hydrogen) atoms. The van der Waals surface area contributed by atoms with Crippen LogP contribution in [0.4, 0.5) is 5.95 Å². The molecule has 1 fully saturated rings. The molecule has 1 aromatic heterocycles. The van der Waals surface area contributed by atoms with E-state index in [1.807, 2.05) is 6.07 Å². The molecule has 2 heterocycles. The topological polar surface area (TPSA) is 32.3 Å². The van der Waals surface area contributed by atoms with Crippen LogP contribution in [-0.4, -0.2) is 48.6 Å². The molecule has 0 aromatic carbocycles. The smallest absolute Gasteiger partial charge is 0.224 e. The van der Waals surface area contributed by atoms with Crippen molar-refractivity contribution < 1.29 is 0 Å². The molecule has 1 aliphatic heterocycles. The van der Waals surface area contributed by atoms with Gasteiger partial charge in [-0.3, -0.25) is 0 Å². The summed E-state index contributed by atoms with van der Waals surface area (Å²) in [6.45, 7) is 3.50. The molecule has 4 nitrogen and oxygen atoms in total. The summed E-state index contributed by atoms with van der Waals surface area (Å²) >= 11 is 0. The maximum atomic E-state index is 4.26. The minimum Gasteiger partial charge on any atom is -0.344 e. The lowest BCUT2D eigenvalue weighted by Crippen LogP contribution is -2.36. The molecule has 1 aromatic rings. The highest BCUT2D eigenvalue weighted by Crippen LogP contribution is 2.18. The lowest BCUT2D eigenvalue weighted by Gasteiger charge is -2.31. The molecule has 0 N–H and O–H groups in total. The fraction of sp³-hybridized carbons (Fsp3) is 0.667. The van der Waals surface area contributed by atoms with Gasteiger partial charge < -0.3 is 9.80 Å². The largest absolute Gasteiger partial charge is 0.344 e. The summed E-state index contributed by atoms with van der Waals surface area (Å²) in [7, 11) is 4.27. The van der Waals surface area contributed by atoms with Crippen molar-refractivity contribution in [1.82, 2.24) is 14.9 Å². The zero-order valence-corrected chi connectivity index (χ0v) is 10.1. The third kappa shape index (κ3) is 2.92. The first-order valence-corrected chi connectivity index (χ1v) is 5.92. The van der Waals surface area contributed by atoms with Crippen molar-refractivity contribution in [2.45, 2.75) is 12.8 Å². The zero-order valence-electron chi connectivity index (χ0n) is 10.1. The SMILES string of the molecule is CN1CCC(CN(C)c2ncccn2)CC1. The Hall–Kier alpha value is -1.16. The Balaban J connectivity index is 1.86. The van der Waals surface area contributed by atoms with Crippen molar-refractivity contribution >= 4 is 5.95 Å². The number of hydrogen-bond acceptors (Lipinski definition) is 4. The van der Waals surface area contributed by atoms with E-state index in [2.05, 4.69) is 33.9 Å². The second-order valence-corrected chi connectivity index (χ2v) is 4.68. The third-order valence-electron chi connectivity index (χ3n) is 3.26. The third-order valence-corrected chi connectivity index (χ3v) is 3.26. The van der Waals surface area contributed by atoms with Crippen LogP contribution < -0.4 is 4.90 Å². The van der Waals surface area contributed by atoms with Crippen molar-refractivity contribution in [2.24, 2.45) is 5.92 Å². The van der Waals surface area contributed by atoms with E-state index in [1.54, 1.807) is 12.4 Å². The molecule has 0 saturated carbocycles. The molecule has 0 amide bonds. The summed E-state index contributed by atoms with van der Waals surface area (Å²) < 4.78 is 0. The van der Waals surface area contributed by atoms with Gasteiger partial charge in [-0.2, -0.15) is 0 Å². The van der Waals surface area contributed by atoms with Crippen LogP contribution in [0.25, 0.3) is 0 Å². The van der Waals surface area contributed by atoms with E-state index >= 15 is 0 Å². The van der Waals surface area contributed by atoms with Crippen molar-refractivity contribution in [3.63, 3.8) is 0 Å². The highest BCUT2D eigenvalue weighted by atomic mass is 15.2. The Kier molecular flexibility index (Phi) is 3.72. The van der Waals surface area contributed by atoms with Gasteiger partial charge in [-0.15, -0.1) is 0 Å². The van der Waals surface area contributed by atoms with Crippen molar-refractivity contribution in [3.8, 4) is 0 Å². The summed E-state index contributed by atoms with van der Waals surface area (Å²) in [6, 6.07) is 1.85. The van der Waals surface area contributed by atoms with Crippen molar-refractivity contribution in [3.05, 3.63) is 18.5 Å². The van der Waals surface area contributed by atoms with Gasteiger partial charge >= 0.3 is 0 Å². The highest BCUT2D eigenvalue weighted by Gasteiger charge is 2.18. The first kappa shape index (κ1) is 11.3. The molecule has 0 aliphatic carbocycles. The number of nitrogens with zero attached hydrogens (tertiary/aromatic N) is 4. The maximum absolute atomic E-state index is 4.26. The van der Waals surface area contributed by atoms with Crippen LogP contribution in [-0.2, 0) is 0 Å². The zero-order chi connectivity index (χ0) is 11.4. The molecule has 0 radical (unpaired) electrons. The lowest BCUT2D eigenvalue weighted by molar-refractivity contribution is 0.222. The molecule has 0 unspecified atom stereocenters. The Morgan fingerprint density at radius 3 is 2.56 bits per heavy atom. The summed E-state index contributed by atoms with van der Waals surface area (Å²) in [5, 5.41) is 0. The van der Waals surface area contributed by atoms with Crippen LogP contribution in [0.15, 0.2) is 18.5 Å². The minimum absolute atomic E-state index is 0.782. The fourth-order valence-corrected chi connectivity index (χ4v) is 2.20. The Morgan fingerprint density at radius 2 is 1.94 bits per heavy atom. The number of aromatic nitrogens is 2. The van der Waals surface area contributed by atoms with Gasteiger partial charge in [0.1, 0.15) is 0 Å². The molecule has 0 spiro atoms. The molecule has 4 heteroatoms. The molecule has 1 saturated heterocycles. The standard InChI is InChI=1S/C12H20N4/c1-15-8-4-11(5-9-15)10-16(2)12-13-6-3-7-14-12/h3,6-7,11H,4-5,8-10H2,1-2H3. The number of likely N-dealkylation sites (tertiary alicyclic amines) is 1. The average Bonchev–Trinajstić information content (AvgIpc) is 2.33. The Morgan fingerprint density at radius 1 is 1.31 bits per heavy atom. The van der Waals surface area contributed by atoms with E-state index in [-0.39, 0.29) is 0 Å². The van der Waals surface area contributed by atoms with Crippen LogP contribution in [0, 0.1) is 5.92 Å². The predicted octanol–water partition coefficient (Wildman–Crippen LogP) is 1.25. The van der Waals surface area contributed by atoms with E-state index in [9.17, 15) is 0 Å². The van der Waals surface area contributed by atoms with Crippen LogP contribution in [0.3, 0.4) is 0 Å². The van der Waals surface area contributed by atoms with Crippen molar-refractivity contribution in [2.75, 3.05) is 38.6 Å². The van der Waals surface area contributed by atoms with Gasteiger partial charge in [0.25, 0.3) is 0 Å². The number of hydrogen-bond donors (Lipinski definition) is 0. The summed E-state index contributed by atoms with van der Waals surface area (Å²) in [6.07, 6.45) is 6.17. The molecule has 2 rings (SSSR count). The van der Waals surface area contributed by atoms with Gasteiger partial charge in [-0.1, -0.05) is 0 Å². The molecule has 0 bridgehead atoms. The first-order chi connectivity index (χ1) is 7.75. The summed E-state index contributed by atoms with van der Waals surface area (Å²) in [5.41, 5.74) is 0. The average molecular weight is 220 g/mol. The lowest BCUT2D eigenvalue weighted by atomic mass is 9.97. The molecule has 88 valence electrons. The summed E-state index contributed by atoms with van der Waals surface area (Å²) in [5.74, 6) is 1.62. The highest BCUT2D eigenvalue weighted by molar-refractivity contribution is 5.26. The van der Waals surface area contributed by atoms with E-state index in [0.717, 1.165) is 18.4 Å². The van der Waals surface area contributed by atoms with Gasteiger partial charge in [0.15, 0.2) is 0 Å². The van der Waals surface area contributed by atoms with Gasteiger partial charge in [0, 0.05) is 26.0 Å². The minimum atomic E-state index is 0.782. The quantitative estimate of drug-likeness (QED) is 0.767. The van der Waals surface area contributed by atoms with E-state index in [0.29, 0.717) is 0 Å². The van der Waals surface area contributed by atoms with Crippen molar-refractivity contribution in [1.29, 1.82) is 0 Å². The maximum Gasteiger partial charge on any atom is 0.224 e. The number of anilines is 1. The van der Waals surface area contributed by atoms with E-state index in [4.69, 9.17) is 0 Å². The second kappa shape index (κ2) is 5.25. The molecule has 1 aliphatic rings. The predicted molar refractivity (Wildman–Crippen MR) is 65.5 cm³/mol. The summed E-state index contributed by atoms with van der Waals surface area (Å²) in [4.78, 5) is 13.1. The first-order valence-electron chi connectivity index (χ1n) is 5.92.